The van der Waals surface area contributed by atoms with Crippen molar-refractivity contribution in [2.75, 3.05) is 43.5 Å². The standard InChI is InChI=1S/C28H35N5O2/c1-35-20-7-9-24-22(15-20)28(27(34)30-24)16-23(28)18-4-8-21-25(14-18)31-32-26(21)17-2-5-19(6-3-17)33-12-10-29-11-13-33/h2-3,5-7,9,15,18,21,23,25-26,29,31-32H,4,8,10-14,16H2,1H3,(H,30,34)/t18?,21?,23-,25?,26?,28-/m1/s1. The van der Waals surface area contributed by atoms with Crippen molar-refractivity contribution in [1.29, 1.82) is 0 Å². The van der Waals surface area contributed by atoms with E-state index in [2.05, 4.69) is 56.7 Å². The van der Waals surface area contributed by atoms with Crippen molar-refractivity contribution in [3.63, 3.8) is 0 Å². The van der Waals surface area contributed by atoms with Gasteiger partial charge in [0.1, 0.15) is 5.75 Å². The first-order valence-electron chi connectivity index (χ1n) is 13.2. The van der Waals surface area contributed by atoms with Crippen LogP contribution in [-0.4, -0.2) is 45.2 Å². The average molecular weight is 474 g/mol. The lowest BCUT2D eigenvalue weighted by molar-refractivity contribution is -0.118. The van der Waals surface area contributed by atoms with E-state index in [0.29, 0.717) is 29.8 Å². The molecule has 7 nitrogen and oxygen atoms in total. The average Bonchev–Trinajstić information content (AvgIpc) is 3.44. The van der Waals surface area contributed by atoms with E-state index in [0.717, 1.165) is 56.0 Å². The topological polar surface area (TPSA) is 77.7 Å². The molecule has 35 heavy (non-hydrogen) atoms. The minimum Gasteiger partial charge on any atom is -0.497 e. The van der Waals surface area contributed by atoms with Crippen LogP contribution >= 0.6 is 0 Å². The first kappa shape index (κ1) is 21.7. The van der Waals surface area contributed by atoms with Gasteiger partial charge in [0.05, 0.1) is 18.6 Å². The summed E-state index contributed by atoms with van der Waals surface area (Å²) in [5.41, 5.74) is 11.7. The summed E-state index contributed by atoms with van der Waals surface area (Å²) in [5, 5.41) is 6.57. The lowest BCUT2D eigenvalue weighted by atomic mass is 9.72. The third-order valence-electron chi connectivity index (χ3n) is 9.48. The third-order valence-corrected chi connectivity index (χ3v) is 9.48. The Morgan fingerprint density at radius 1 is 1.03 bits per heavy atom. The van der Waals surface area contributed by atoms with Gasteiger partial charge in [-0.15, -0.1) is 0 Å². The van der Waals surface area contributed by atoms with Crippen LogP contribution in [-0.2, 0) is 10.2 Å². The first-order chi connectivity index (χ1) is 17.2. The summed E-state index contributed by atoms with van der Waals surface area (Å²) in [4.78, 5) is 15.6. The van der Waals surface area contributed by atoms with Crippen molar-refractivity contribution in [3.05, 3.63) is 53.6 Å². The molecule has 0 bridgehead atoms. The predicted octanol–water partition coefficient (Wildman–Crippen LogP) is 2.95. The number of anilines is 2. The summed E-state index contributed by atoms with van der Waals surface area (Å²) in [6, 6.07) is 16.0. The van der Waals surface area contributed by atoms with Crippen molar-refractivity contribution < 1.29 is 9.53 Å². The van der Waals surface area contributed by atoms with Crippen LogP contribution < -0.4 is 31.1 Å². The van der Waals surface area contributed by atoms with E-state index < -0.39 is 0 Å². The summed E-state index contributed by atoms with van der Waals surface area (Å²) in [6.45, 7) is 4.27. The normalized spacial score (nSPS) is 35.5. The van der Waals surface area contributed by atoms with Crippen LogP contribution in [0.1, 0.15) is 42.9 Å². The molecule has 4 N–H and O–H groups in total. The molecule has 2 aromatic rings. The minimum absolute atomic E-state index is 0.188. The van der Waals surface area contributed by atoms with E-state index >= 15 is 0 Å². The molecule has 2 saturated heterocycles. The number of hydrazine groups is 1. The van der Waals surface area contributed by atoms with Crippen LogP contribution in [0.25, 0.3) is 0 Å². The van der Waals surface area contributed by atoms with Gasteiger partial charge in [-0.1, -0.05) is 12.1 Å². The fraction of sp³-hybridized carbons (Fsp3) is 0.536. The molecule has 0 radical (unpaired) electrons. The maximum absolute atomic E-state index is 13.1. The molecule has 0 aromatic heterocycles. The smallest absolute Gasteiger partial charge is 0.235 e. The zero-order chi connectivity index (χ0) is 23.6. The van der Waals surface area contributed by atoms with E-state index in [9.17, 15) is 4.79 Å². The Labute approximate surface area is 207 Å². The summed E-state index contributed by atoms with van der Waals surface area (Å²) in [6.07, 6.45) is 4.48. The van der Waals surface area contributed by atoms with Crippen LogP contribution in [0, 0.1) is 17.8 Å². The maximum atomic E-state index is 13.1. The molecule has 1 spiro atoms. The Morgan fingerprint density at radius 3 is 2.66 bits per heavy atom. The molecule has 6 atom stereocenters. The zero-order valence-electron chi connectivity index (χ0n) is 20.3. The van der Waals surface area contributed by atoms with Crippen molar-refractivity contribution in [1.82, 2.24) is 16.2 Å². The number of benzene rings is 2. The number of carbonyl (C=O) groups excluding carboxylic acids is 1. The Bertz CT molecular complexity index is 1130. The number of carbonyl (C=O) groups is 1. The number of amides is 1. The highest BCUT2D eigenvalue weighted by atomic mass is 16.5. The summed E-state index contributed by atoms with van der Waals surface area (Å²) >= 11 is 0. The Kier molecular flexibility index (Phi) is 5.09. The number of nitrogens with one attached hydrogen (secondary N) is 4. The second-order valence-corrected chi connectivity index (χ2v) is 11.1. The molecule has 4 fully saturated rings. The number of hydrogen-bond acceptors (Lipinski definition) is 6. The van der Waals surface area contributed by atoms with Gasteiger partial charge < -0.3 is 20.3 Å². The SMILES string of the molecule is COc1ccc2c(c1)[C@@]1(C[C@@H]1C1CCC3C(C1)NNC3c1ccc(N3CCNCC3)cc1)C(=O)N2. The number of ether oxygens (including phenoxy) is 1. The summed E-state index contributed by atoms with van der Waals surface area (Å²) in [7, 11) is 1.69. The number of rotatable bonds is 4. The second-order valence-electron chi connectivity index (χ2n) is 11.1. The summed E-state index contributed by atoms with van der Waals surface area (Å²) < 4.78 is 5.47. The molecule has 4 unspecified atom stereocenters. The van der Waals surface area contributed by atoms with Crippen molar-refractivity contribution >= 4 is 17.3 Å². The molecule has 3 heterocycles. The number of fused-ring (bicyclic) bond motifs is 3. The number of piperazine rings is 1. The molecule has 7 rings (SSSR count). The highest BCUT2D eigenvalue weighted by molar-refractivity contribution is 6.09. The van der Waals surface area contributed by atoms with Crippen LogP contribution in [0.3, 0.4) is 0 Å². The van der Waals surface area contributed by atoms with Gasteiger partial charge in [-0.2, -0.15) is 0 Å². The lowest BCUT2D eigenvalue weighted by Crippen LogP contribution is -2.43. The van der Waals surface area contributed by atoms with Gasteiger partial charge >= 0.3 is 0 Å². The largest absolute Gasteiger partial charge is 0.497 e. The van der Waals surface area contributed by atoms with Gasteiger partial charge in [0, 0.05) is 43.6 Å². The number of methoxy groups -OCH3 is 1. The molecule has 184 valence electrons. The van der Waals surface area contributed by atoms with Crippen LogP contribution in [0.4, 0.5) is 11.4 Å². The monoisotopic (exact) mass is 473 g/mol. The van der Waals surface area contributed by atoms with Gasteiger partial charge in [0.25, 0.3) is 0 Å². The van der Waals surface area contributed by atoms with Crippen molar-refractivity contribution in [2.45, 2.75) is 43.2 Å². The van der Waals surface area contributed by atoms with Gasteiger partial charge in [-0.25, -0.2) is 5.43 Å². The highest BCUT2D eigenvalue weighted by Crippen LogP contribution is 2.65. The molecule has 2 saturated carbocycles. The molecule has 5 aliphatic rings. The molecule has 1 amide bonds. The molecule has 2 aliphatic carbocycles. The van der Waals surface area contributed by atoms with Gasteiger partial charge in [0.2, 0.25) is 5.91 Å². The van der Waals surface area contributed by atoms with E-state index in [-0.39, 0.29) is 11.3 Å². The third kappa shape index (κ3) is 3.39. The Hall–Kier alpha value is -2.61. The van der Waals surface area contributed by atoms with E-state index in [4.69, 9.17) is 4.74 Å². The quantitative estimate of drug-likeness (QED) is 0.547. The molecular weight excluding hydrogens is 438 g/mol. The van der Waals surface area contributed by atoms with Gasteiger partial charge in [-0.3, -0.25) is 10.2 Å². The molecular formula is C28H35N5O2. The molecule has 3 aliphatic heterocycles. The second kappa shape index (κ2) is 8.22. The highest BCUT2D eigenvalue weighted by Gasteiger charge is 2.67. The summed E-state index contributed by atoms with van der Waals surface area (Å²) in [5.74, 6) is 2.61. The minimum atomic E-state index is -0.341. The van der Waals surface area contributed by atoms with Gasteiger partial charge in [0.15, 0.2) is 0 Å². The number of hydrogen-bond donors (Lipinski definition) is 4. The van der Waals surface area contributed by atoms with Crippen molar-refractivity contribution in [3.8, 4) is 5.75 Å². The van der Waals surface area contributed by atoms with E-state index in [1.165, 1.54) is 24.1 Å². The zero-order valence-corrected chi connectivity index (χ0v) is 20.3. The Balaban J connectivity index is 1.04. The molecule has 7 heteroatoms. The maximum Gasteiger partial charge on any atom is 0.235 e. The van der Waals surface area contributed by atoms with E-state index in [1.807, 2.05) is 12.1 Å². The Morgan fingerprint density at radius 2 is 1.86 bits per heavy atom. The fourth-order valence-electron chi connectivity index (χ4n) is 7.52. The molecule has 2 aromatic carbocycles. The van der Waals surface area contributed by atoms with Crippen LogP contribution in [0.5, 0.6) is 5.75 Å². The predicted molar refractivity (Wildman–Crippen MR) is 137 cm³/mol. The number of nitrogens with zero attached hydrogens (tertiary/aromatic N) is 1. The fourth-order valence-corrected chi connectivity index (χ4v) is 7.52. The van der Waals surface area contributed by atoms with Gasteiger partial charge in [-0.05, 0) is 84.9 Å². The van der Waals surface area contributed by atoms with Crippen LogP contribution in [0.2, 0.25) is 0 Å². The van der Waals surface area contributed by atoms with E-state index in [1.54, 1.807) is 7.11 Å². The first-order valence-corrected chi connectivity index (χ1v) is 13.2. The van der Waals surface area contributed by atoms with Crippen LogP contribution in [0.15, 0.2) is 42.5 Å². The van der Waals surface area contributed by atoms with Crippen molar-refractivity contribution in [2.24, 2.45) is 17.8 Å². The lowest BCUT2D eigenvalue weighted by Gasteiger charge is -2.34.